The molecule has 3 rings (SSSR count). The summed E-state index contributed by atoms with van der Waals surface area (Å²) >= 11 is 0. The van der Waals surface area contributed by atoms with E-state index in [2.05, 4.69) is 4.98 Å². The van der Waals surface area contributed by atoms with Crippen LogP contribution in [0, 0.1) is 0 Å². The average Bonchev–Trinajstić information content (AvgIpc) is 2.57. The molecule has 2 aliphatic rings. The van der Waals surface area contributed by atoms with Crippen molar-refractivity contribution in [3.05, 3.63) is 33.1 Å². The van der Waals surface area contributed by atoms with E-state index in [9.17, 15) is 19.5 Å². The zero-order valence-electron chi connectivity index (χ0n) is 13.6. The van der Waals surface area contributed by atoms with Gasteiger partial charge < -0.3 is 19.3 Å². The van der Waals surface area contributed by atoms with Crippen LogP contribution in [-0.4, -0.2) is 56.9 Å². The van der Waals surface area contributed by atoms with Crippen molar-refractivity contribution in [2.45, 2.75) is 50.4 Å². The summed E-state index contributed by atoms with van der Waals surface area (Å²) in [5, 5.41) is 10.2. The van der Waals surface area contributed by atoms with E-state index < -0.39 is 23.0 Å². The number of hydrogen-bond acceptors (Lipinski definition) is 5. The van der Waals surface area contributed by atoms with Crippen molar-refractivity contribution in [2.75, 3.05) is 19.7 Å². The standard InChI is InChI=1S/C16H23N3O5/c20-12-2-1-11-24-16(12)5-9-18(10-6-16)14(22)4-8-19-7-3-13(21)17-15(19)23/h3,7,12,20H,1-2,4-6,8-11H2,(H,17,21,23)/t12-/m0/s1. The maximum Gasteiger partial charge on any atom is 0.328 e. The smallest absolute Gasteiger partial charge is 0.328 e. The first-order valence-electron chi connectivity index (χ1n) is 8.40. The summed E-state index contributed by atoms with van der Waals surface area (Å²) in [6, 6.07) is 1.26. The van der Waals surface area contributed by atoms with Crippen LogP contribution in [0.4, 0.5) is 0 Å². The van der Waals surface area contributed by atoms with Crippen molar-refractivity contribution in [1.29, 1.82) is 0 Å². The Morgan fingerprint density at radius 2 is 2.12 bits per heavy atom. The Bertz CT molecular complexity index is 702. The van der Waals surface area contributed by atoms with E-state index in [1.54, 1.807) is 4.90 Å². The highest BCUT2D eigenvalue weighted by Crippen LogP contribution is 2.35. The summed E-state index contributed by atoms with van der Waals surface area (Å²) in [5.41, 5.74) is -1.45. The van der Waals surface area contributed by atoms with Gasteiger partial charge >= 0.3 is 5.69 Å². The number of hydrogen-bond donors (Lipinski definition) is 2. The number of rotatable bonds is 3. The van der Waals surface area contributed by atoms with Gasteiger partial charge in [0.25, 0.3) is 5.56 Å². The van der Waals surface area contributed by atoms with Gasteiger partial charge in [-0.25, -0.2) is 4.79 Å². The molecule has 2 aliphatic heterocycles. The van der Waals surface area contributed by atoms with Crippen LogP contribution in [0.3, 0.4) is 0 Å². The third kappa shape index (κ3) is 3.44. The van der Waals surface area contributed by atoms with Crippen molar-refractivity contribution in [2.24, 2.45) is 0 Å². The van der Waals surface area contributed by atoms with Crippen LogP contribution in [0.15, 0.2) is 21.9 Å². The SMILES string of the molecule is O=C(CCn1ccc(=O)[nH]c1=O)N1CCC2(CC1)OCCC[C@@H]2O. The summed E-state index contributed by atoms with van der Waals surface area (Å²) in [6.07, 6.45) is 4.04. The Morgan fingerprint density at radius 3 is 2.79 bits per heavy atom. The number of aromatic amines is 1. The molecule has 3 heterocycles. The maximum atomic E-state index is 12.3. The second kappa shape index (κ2) is 6.90. The van der Waals surface area contributed by atoms with Crippen molar-refractivity contribution in [3.8, 4) is 0 Å². The van der Waals surface area contributed by atoms with Crippen LogP contribution < -0.4 is 11.2 Å². The Balaban J connectivity index is 1.53. The lowest BCUT2D eigenvalue weighted by Crippen LogP contribution is -2.56. The molecule has 1 spiro atoms. The predicted octanol–water partition coefficient (Wildman–Crippen LogP) is -0.541. The number of ether oxygens (including phenoxy) is 1. The van der Waals surface area contributed by atoms with Gasteiger partial charge in [0.15, 0.2) is 0 Å². The molecule has 0 bridgehead atoms. The molecule has 8 heteroatoms. The second-order valence-electron chi connectivity index (χ2n) is 6.51. The van der Waals surface area contributed by atoms with Crippen LogP contribution in [-0.2, 0) is 16.1 Å². The largest absolute Gasteiger partial charge is 0.390 e. The topological polar surface area (TPSA) is 105 Å². The van der Waals surface area contributed by atoms with E-state index in [0.717, 1.165) is 12.8 Å². The number of piperidine rings is 1. The van der Waals surface area contributed by atoms with Crippen molar-refractivity contribution in [3.63, 3.8) is 0 Å². The van der Waals surface area contributed by atoms with E-state index in [4.69, 9.17) is 4.74 Å². The average molecular weight is 337 g/mol. The van der Waals surface area contributed by atoms with E-state index in [-0.39, 0.29) is 18.9 Å². The van der Waals surface area contributed by atoms with Gasteiger partial charge in [0, 0.05) is 44.9 Å². The summed E-state index contributed by atoms with van der Waals surface area (Å²) in [6.45, 7) is 2.00. The van der Waals surface area contributed by atoms with Gasteiger partial charge in [-0.05, 0) is 25.7 Å². The van der Waals surface area contributed by atoms with E-state index in [1.807, 2.05) is 0 Å². The van der Waals surface area contributed by atoms with E-state index >= 15 is 0 Å². The number of aromatic nitrogens is 2. The van der Waals surface area contributed by atoms with Crippen molar-refractivity contribution >= 4 is 5.91 Å². The van der Waals surface area contributed by atoms with Gasteiger partial charge in [-0.15, -0.1) is 0 Å². The molecule has 2 fully saturated rings. The maximum absolute atomic E-state index is 12.3. The van der Waals surface area contributed by atoms with Gasteiger partial charge in [0.1, 0.15) is 0 Å². The third-order valence-electron chi connectivity index (χ3n) is 5.04. The minimum absolute atomic E-state index is 0.0340. The van der Waals surface area contributed by atoms with Gasteiger partial charge in [-0.2, -0.15) is 0 Å². The summed E-state index contributed by atoms with van der Waals surface area (Å²) in [7, 11) is 0. The first-order chi connectivity index (χ1) is 11.5. The van der Waals surface area contributed by atoms with Crippen molar-refractivity contribution < 1.29 is 14.6 Å². The van der Waals surface area contributed by atoms with E-state index in [0.29, 0.717) is 32.5 Å². The number of aliphatic hydroxyl groups is 1. The first kappa shape index (κ1) is 16.9. The number of aryl methyl sites for hydroxylation is 1. The molecule has 2 N–H and O–H groups in total. The van der Waals surface area contributed by atoms with Gasteiger partial charge in [-0.1, -0.05) is 0 Å². The summed E-state index contributed by atoms with van der Waals surface area (Å²) in [5.74, 6) is -0.0340. The zero-order chi connectivity index (χ0) is 17.2. The Hall–Kier alpha value is -1.93. The highest BCUT2D eigenvalue weighted by molar-refractivity contribution is 5.76. The number of aliphatic hydroxyl groups excluding tert-OH is 1. The van der Waals surface area contributed by atoms with Crippen LogP contribution in [0.5, 0.6) is 0 Å². The molecule has 0 saturated carbocycles. The highest BCUT2D eigenvalue weighted by Gasteiger charge is 2.44. The van der Waals surface area contributed by atoms with Crippen LogP contribution in [0.1, 0.15) is 32.1 Å². The number of nitrogens with one attached hydrogen (secondary N) is 1. The first-order valence-corrected chi connectivity index (χ1v) is 8.40. The van der Waals surface area contributed by atoms with Crippen LogP contribution in [0.2, 0.25) is 0 Å². The number of likely N-dealkylation sites (tertiary alicyclic amines) is 1. The Kier molecular flexibility index (Phi) is 4.86. The Labute approximate surface area is 139 Å². The minimum atomic E-state index is -0.508. The molecule has 0 aliphatic carbocycles. The van der Waals surface area contributed by atoms with Crippen LogP contribution >= 0.6 is 0 Å². The quantitative estimate of drug-likeness (QED) is 0.771. The lowest BCUT2D eigenvalue weighted by atomic mass is 9.82. The monoisotopic (exact) mass is 337 g/mol. The molecule has 0 aromatic carbocycles. The number of nitrogens with zero attached hydrogens (tertiary/aromatic N) is 2. The van der Waals surface area contributed by atoms with Gasteiger partial charge in [-0.3, -0.25) is 14.6 Å². The fourth-order valence-corrected chi connectivity index (χ4v) is 3.52. The molecular formula is C16H23N3O5. The number of carbonyl (C=O) groups excluding carboxylic acids is 1. The lowest BCUT2D eigenvalue weighted by Gasteiger charge is -2.46. The number of carbonyl (C=O) groups is 1. The number of H-pyrrole nitrogens is 1. The molecule has 0 unspecified atom stereocenters. The molecule has 1 amide bonds. The minimum Gasteiger partial charge on any atom is -0.390 e. The molecule has 1 aromatic rings. The summed E-state index contributed by atoms with van der Waals surface area (Å²) < 4.78 is 7.15. The molecule has 1 aromatic heterocycles. The fourth-order valence-electron chi connectivity index (χ4n) is 3.52. The highest BCUT2D eigenvalue weighted by atomic mass is 16.5. The molecule has 24 heavy (non-hydrogen) atoms. The van der Waals surface area contributed by atoms with Gasteiger partial charge in [0.05, 0.1) is 11.7 Å². The summed E-state index contributed by atoms with van der Waals surface area (Å²) in [4.78, 5) is 38.9. The van der Waals surface area contributed by atoms with Crippen molar-refractivity contribution in [1.82, 2.24) is 14.5 Å². The molecule has 0 radical (unpaired) electrons. The predicted molar refractivity (Wildman–Crippen MR) is 85.7 cm³/mol. The Morgan fingerprint density at radius 1 is 1.38 bits per heavy atom. The molecule has 132 valence electrons. The molecule has 8 nitrogen and oxygen atoms in total. The van der Waals surface area contributed by atoms with E-state index in [1.165, 1.54) is 16.8 Å². The lowest BCUT2D eigenvalue weighted by molar-refractivity contribution is -0.179. The fraction of sp³-hybridized carbons (Fsp3) is 0.688. The normalized spacial score (nSPS) is 23.4. The zero-order valence-corrected chi connectivity index (χ0v) is 13.6. The number of amides is 1. The van der Waals surface area contributed by atoms with Gasteiger partial charge in [0.2, 0.25) is 5.91 Å². The molecule has 2 saturated heterocycles. The molecular weight excluding hydrogens is 314 g/mol. The third-order valence-corrected chi connectivity index (χ3v) is 5.04. The second-order valence-corrected chi connectivity index (χ2v) is 6.51. The van der Waals surface area contributed by atoms with Crippen LogP contribution in [0.25, 0.3) is 0 Å². The molecule has 1 atom stereocenters.